The third kappa shape index (κ3) is 2.94. The van der Waals surface area contributed by atoms with E-state index in [1.54, 1.807) is 7.11 Å². The molecule has 0 aromatic carbocycles. The van der Waals surface area contributed by atoms with Crippen LogP contribution in [-0.2, 0) is 14.3 Å². The van der Waals surface area contributed by atoms with Crippen LogP contribution in [0, 0.1) is 17.3 Å². The Morgan fingerprint density at radius 1 is 1.20 bits per heavy atom. The number of carbonyl (C=O) groups is 1. The normalized spacial score (nSPS) is 12.3. The summed E-state index contributed by atoms with van der Waals surface area (Å²) in [6.07, 6.45) is 0. The van der Waals surface area contributed by atoms with Crippen LogP contribution in [0.15, 0.2) is 0 Å². The lowest BCUT2D eigenvalue weighted by Crippen LogP contribution is -2.46. The van der Waals surface area contributed by atoms with Gasteiger partial charge in [0.05, 0.1) is 18.6 Å². The molecule has 0 aliphatic heterocycles. The molecule has 0 unspecified atom stereocenters. The molecule has 0 saturated heterocycles. The van der Waals surface area contributed by atoms with Crippen molar-refractivity contribution in [2.45, 2.75) is 34.6 Å². The maximum absolute atomic E-state index is 12.0. The number of methoxy groups -OCH3 is 1. The fraction of sp³-hybridized carbons (Fsp3) is 0.917. The first-order valence-electron chi connectivity index (χ1n) is 5.59. The average Bonchev–Trinajstić information content (AvgIpc) is 2.13. The molecule has 0 saturated carbocycles. The number of carbonyl (C=O) groups excluding carboxylic acids is 1. The standard InChI is InChI=1S/C12H24O3/c1-7-15-11(13)12(8-14-6,9(2)3)10(4)5/h9-10H,7-8H2,1-6H3. The largest absolute Gasteiger partial charge is 0.465 e. The number of ether oxygens (including phenoxy) is 2. The Bertz CT molecular complexity index is 189. The molecule has 0 radical (unpaired) electrons. The van der Waals surface area contributed by atoms with E-state index in [0.717, 1.165) is 0 Å². The summed E-state index contributed by atoms with van der Waals surface area (Å²) < 4.78 is 10.4. The summed E-state index contributed by atoms with van der Waals surface area (Å²) in [6.45, 7) is 10.8. The van der Waals surface area contributed by atoms with Crippen molar-refractivity contribution in [2.24, 2.45) is 17.3 Å². The van der Waals surface area contributed by atoms with E-state index >= 15 is 0 Å². The maximum Gasteiger partial charge on any atom is 0.314 e. The van der Waals surface area contributed by atoms with Gasteiger partial charge in [-0.2, -0.15) is 0 Å². The van der Waals surface area contributed by atoms with Gasteiger partial charge in [-0.3, -0.25) is 4.79 Å². The fourth-order valence-electron chi connectivity index (χ4n) is 2.03. The molecule has 0 amide bonds. The number of esters is 1. The zero-order valence-corrected chi connectivity index (χ0v) is 10.8. The van der Waals surface area contributed by atoms with Crippen LogP contribution in [0.2, 0.25) is 0 Å². The first kappa shape index (κ1) is 14.4. The molecule has 0 rings (SSSR count). The van der Waals surface area contributed by atoms with Crippen LogP contribution in [0.5, 0.6) is 0 Å². The van der Waals surface area contributed by atoms with Crippen molar-refractivity contribution in [3.8, 4) is 0 Å². The SMILES string of the molecule is CCOC(=O)C(COC)(C(C)C)C(C)C. The minimum atomic E-state index is -0.523. The molecule has 0 aromatic heterocycles. The molecule has 0 spiro atoms. The quantitative estimate of drug-likeness (QED) is 0.640. The second-order valence-electron chi connectivity index (χ2n) is 4.50. The lowest BCUT2D eigenvalue weighted by atomic mass is 9.69. The van der Waals surface area contributed by atoms with Crippen molar-refractivity contribution < 1.29 is 14.3 Å². The lowest BCUT2D eigenvalue weighted by Gasteiger charge is -2.38. The monoisotopic (exact) mass is 216 g/mol. The zero-order valence-electron chi connectivity index (χ0n) is 10.8. The predicted octanol–water partition coefficient (Wildman–Crippen LogP) is 2.49. The van der Waals surface area contributed by atoms with Gasteiger partial charge in [-0.25, -0.2) is 0 Å². The Hall–Kier alpha value is -0.570. The van der Waals surface area contributed by atoms with Crippen LogP contribution < -0.4 is 0 Å². The first-order valence-corrected chi connectivity index (χ1v) is 5.59. The molecule has 0 fully saturated rings. The van der Waals surface area contributed by atoms with Crippen LogP contribution in [0.3, 0.4) is 0 Å². The predicted molar refractivity (Wildman–Crippen MR) is 60.6 cm³/mol. The van der Waals surface area contributed by atoms with Gasteiger partial charge in [0.1, 0.15) is 0 Å². The van der Waals surface area contributed by atoms with Gasteiger partial charge < -0.3 is 9.47 Å². The molecular weight excluding hydrogens is 192 g/mol. The highest BCUT2D eigenvalue weighted by atomic mass is 16.5. The van der Waals surface area contributed by atoms with Gasteiger partial charge in [-0.15, -0.1) is 0 Å². The Morgan fingerprint density at radius 2 is 1.67 bits per heavy atom. The van der Waals surface area contributed by atoms with Crippen LogP contribution in [0.1, 0.15) is 34.6 Å². The Kier molecular flexibility index (Phi) is 5.88. The average molecular weight is 216 g/mol. The Balaban J connectivity index is 5.02. The van der Waals surface area contributed by atoms with E-state index in [2.05, 4.69) is 0 Å². The molecule has 3 heteroatoms. The van der Waals surface area contributed by atoms with Crippen LogP contribution in [-0.4, -0.2) is 26.3 Å². The first-order chi connectivity index (χ1) is 6.93. The second kappa shape index (κ2) is 6.11. The Morgan fingerprint density at radius 3 is 1.93 bits per heavy atom. The van der Waals surface area contributed by atoms with Crippen molar-refractivity contribution in [1.29, 1.82) is 0 Å². The molecule has 0 atom stereocenters. The van der Waals surface area contributed by atoms with E-state index in [1.165, 1.54) is 0 Å². The highest BCUT2D eigenvalue weighted by Gasteiger charge is 2.45. The maximum atomic E-state index is 12.0. The van der Waals surface area contributed by atoms with Crippen molar-refractivity contribution in [3.05, 3.63) is 0 Å². The van der Waals surface area contributed by atoms with Crippen molar-refractivity contribution >= 4 is 5.97 Å². The molecule has 15 heavy (non-hydrogen) atoms. The summed E-state index contributed by atoms with van der Waals surface area (Å²) in [5.74, 6) is 0.268. The Labute approximate surface area is 93.1 Å². The van der Waals surface area contributed by atoms with Gasteiger partial charge in [0.15, 0.2) is 0 Å². The lowest BCUT2D eigenvalue weighted by molar-refractivity contribution is -0.167. The molecular formula is C12H24O3. The molecule has 3 nitrogen and oxygen atoms in total. The smallest absolute Gasteiger partial charge is 0.314 e. The highest BCUT2D eigenvalue weighted by molar-refractivity contribution is 5.77. The van der Waals surface area contributed by atoms with Crippen molar-refractivity contribution in [3.63, 3.8) is 0 Å². The zero-order chi connectivity index (χ0) is 12.1. The van der Waals surface area contributed by atoms with Crippen LogP contribution in [0.4, 0.5) is 0 Å². The molecule has 0 aliphatic rings. The van der Waals surface area contributed by atoms with Gasteiger partial charge in [0, 0.05) is 7.11 Å². The van der Waals surface area contributed by atoms with Gasteiger partial charge in [0.25, 0.3) is 0 Å². The molecule has 0 bridgehead atoms. The van der Waals surface area contributed by atoms with Crippen LogP contribution in [0.25, 0.3) is 0 Å². The van der Waals surface area contributed by atoms with Gasteiger partial charge in [-0.1, -0.05) is 27.7 Å². The van der Waals surface area contributed by atoms with Crippen molar-refractivity contribution in [2.75, 3.05) is 20.3 Å². The van der Waals surface area contributed by atoms with E-state index < -0.39 is 5.41 Å². The van der Waals surface area contributed by atoms with E-state index in [-0.39, 0.29) is 17.8 Å². The minimum absolute atomic E-state index is 0.142. The summed E-state index contributed by atoms with van der Waals surface area (Å²) in [5, 5.41) is 0. The number of rotatable bonds is 6. The minimum Gasteiger partial charge on any atom is -0.465 e. The third-order valence-electron chi connectivity index (χ3n) is 3.10. The van der Waals surface area contributed by atoms with Gasteiger partial charge in [0.2, 0.25) is 0 Å². The fourth-order valence-corrected chi connectivity index (χ4v) is 2.03. The van der Waals surface area contributed by atoms with E-state index in [9.17, 15) is 4.79 Å². The summed E-state index contributed by atoms with van der Waals surface area (Å²) in [6, 6.07) is 0. The topological polar surface area (TPSA) is 35.5 Å². The van der Waals surface area contributed by atoms with E-state index in [1.807, 2.05) is 34.6 Å². The number of hydrogen-bond donors (Lipinski definition) is 0. The summed E-state index contributed by atoms with van der Waals surface area (Å²) >= 11 is 0. The summed E-state index contributed by atoms with van der Waals surface area (Å²) in [5.41, 5.74) is -0.523. The third-order valence-corrected chi connectivity index (χ3v) is 3.10. The van der Waals surface area contributed by atoms with Gasteiger partial charge >= 0.3 is 5.97 Å². The highest BCUT2D eigenvalue weighted by Crippen LogP contribution is 2.37. The summed E-state index contributed by atoms with van der Waals surface area (Å²) in [7, 11) is 1.62. The molecule has 0 heterocycles. The van der Waals surface area contributed by atoms with Gasteiger partial charge in [-0.05, 0) is 18.8 Å². The molecule has 0 aromatic rings. The molecule has 0 aliphatic carbocycles. The molecule has 90 valence electrons. The number of hydrogen-bond acceptors (Lipinski definition) is 3. The van der Waals surface area contributed by atoms with Crippen LogP contribution >= 0.6 is 0 Å². The van der Waals surface area contributed by atoms with Crippen molar-refractivity contribution in [1.82, 2.24) is 0 Å². The van der Waals surface area contributed by atoms with E-state index in [4.69, 9.17) is 9.47 Å². The summed E-state index contributed by atoms with van der Waals surface area (Å²) in [4.78, 5) is 12.0. The molecule has 0 N–H and O–H groups in total. The van der Waals surface area contributed by atoms with E-state index in [0.29, 0.717) is 13.2 Å². The second-order valence-corrected chi connectivity index (χ2v) is 4.50.